The SMILES string of the molecule is Sc1ccccc1-c1ccccc1.[K]. The van der Waals surface area contributed by atoms with E-state index in [4.69, 9.17) is 0 Å². The first kappa shape index (κ1) is 12.5. The molecule has 0 aliphatic rings. The molecule has 0 unspecified atom stereocenters. The van der Waals surface area contributed by atoms with E-state index < -0.39 is 0 Å². The summed E-state index contributed by atoms with van der Waals surface area (Å²) >= 11 is 4.41. The van der Waals surface area contributed by atoms with Crippen molar-refractivity contribution >= 4 is 64.0 Å². The summed E-state index contributed by atoms with van der Waals surface area (Å²) < 4.78 is 0. The van der Waals surface area contributed by atoms with Crippen LogP contribution in [0.2, 0.25) is 0 Å². The Kier molecular flexibility index (Phi) is 5.45. The quantitative estimate of drug-likeness (QED) is 0.559. The van der Waals surface area contributed by atoms with Gasteiger partial charge in [-0.25, -0.2) is 0 Å². The Bertz CT molecular complexity index is 398. The Labute approximate surface area is 133 Å². The molecule has 0 amide bonds. The molecule has 0 nitrogen and oxygen atoms in total. The van der Waals surface area contributed by atoms with E-state index in [1.54, 1.807) is 0 Å². The van der Waals surface area contributed by atoms with Crippen molar-refractivity contribution in [3.05, 3.63) is 54.6 Å². The van der Waals surface area contributed by atoms with Gasteiger partial charge in [0.2, 0.25) is 0 Å². The molecule has 0 spiro atoms. The zero-order chi connectivity index (χ0) is 9.10. The zero-order valence-corrected chi connectivity index (χ0v) is 12.2. The first-order chi connectivity index (χ1) is 6.38. The summed E-state index contributed by atoms with van der Waals surface area (Å²) in [4.78, 5) is 1.02. The predicted molar refractivity (Wildman–Crippen MR) is 64.9 cm³/mol. The third-order valence-corrected chi connectivity index (χ3v) is 2.38. The molecule has 0 aromatic heterocycles. The molecule has 1 radical (unpaired) electrons. The maximum atomic E-state index is 4.41. The third kappa shape index (κ3) is 2.96. The number of hydrogen-bond acceptors (Lipinski definition) is 1. The van der Waals surface area contributed by atoms with Gasteiger partial charge in [-0.15, -0.1) is 12.6 Å². The van der Waals surface area contributed by atoms with Crippen LogP contribution < -0.4 is 0 Å². The molecule has 2 aromatic rings. The second kappa shape index (κ2) is 6.11. The van der Waals surface area contributed by atoms with Crippen LogP contribution in [-0.2, 0) is 0 Å². The number of benzene rings is 2. The number of rotatable bonds is 1. The molecular weight excluding hydrogens is 215 g/mol. The van der Waals surface area contributed by atoms with Gasteiger partial charge < -0.3 is 0 Å². The molecule has 0 fully saturated rings. The average molecular weight is 225 g/mol. The van der Waals surface area contributed by atoms with Crippen LogP contribution in [0.1, 0.15) is 0 Å². The topological polar surface area (TPSA) is 0 Å². The summed E-state index contributed by atoms with van der Waals surface area (Å²) in [5, 5.41) is 0. The van der Waals surface area contributed by atoms with Crippen LogP contribution >= 0.6 is 12.6 Å². The van der Waals surface area contributed by atoms with Gasteiger partial charge in [-0.2, -0.15) is 0 Å². The van der Waals surface area contributed by atoms with Crippen LogP contribution in [-0.4, -0.2) is 51.4 Å². The third-order valence-electron chi connectivity index (χ3n) is 1.99. The van der Waals surface area contributed by atoms with Crippen molar-refractivity contribution in [3.8, 4) is 11.1 Å². The largest absolute Gasteiger partial charge is 0.143 e. The van der Waals surface area contributed by atoms with Crippen molar-refractivity contribution in [2.75, 3.05) is 0 Å². The van der Waals surface area contributed by atoms with Gasteiger partial charge in [-0.1, -0.05) is 48.5 Å². The molecule has 14 heavy (non-hydrogen) atoms. The molecule has 2 rings (SSSR count). The van der Waals surface area contributed by atoms with E-state index in [0.29, 0.717) is 0 Å². The van der Waals surface area contributed by atoms with Gasteiger partial charge in [-0.05, 0) is 17.2 Å². The first-order valence-electron chi connectivity index (χ1n) is 4.21. The van der Waals surface area contributed by atoms with Crippen LogP contribution in [0, 0.1) is 0 Å². The van der Waals surface area contributed by atoms with Crippen LogP contribution in [0.15, 0.2) is 59.5 Å². The fourth-order valence-corrected chi connectivity index (χ4v) is 1.63. The maximum Gasteiger partial charge on any atom is 0.0119 e. The van der Waals surface area contributed by atoms with Gasteiger partial charge in [-0.3, -0.25) is 0 Å². The normalized spacial score (nSPS) is 9.21. The molecule has 0 bridgehead atoms. The van der Waals surface area contributed by atoms with E-state index in [1.165, 1.54) is 11.1 Å². The van der Waals surface area contributed by atoms with E-state index in [0.717, 1.165) is 4.90 Å². The molecule has 0 N–H and O–H groups in total. The predicted octanol–water partition coefficient (Wildman–Crippen LogP) is 3.26. The van der Waals surface area contributed by atoms with Gasteiger partial charge in [0.15, 0.2) is 0 Å². The van der Waals surface area contributed by atoms with Crippen molar-refractivity contribution in [1.29, 1.82) is 0 Å². The fraction of sp³-hybridized carbons (Fsp3) is 0. The van der Waals surface area contributed by atoms with Gasteiger partial charge >= 0.3 is 0 Å². The monoisotopic (exact) mass is 225 g/mol. The van der Waals surface area contributed by atoms with Crippen molar-refractivity contribution in [2.24, 2.45) is 0 Å². The van der Waals surface area contributed by atoms with E-state index in [1.807, 2.05) is 36.4 Å². The Balaban J connectivity index is 0.000000980. The van der Waals surface area contributed by atoms with Crippen LogP contribution in [0.4, 0.5) is 0 Å². The minimum Gasteiger partial charge on any atom is -0.143 e. The summed E-state index contributed by atoms with van der Waals surface area (Å²) in [6, 6.07) is 18.4. The summed E-state index contributed by atoms with van der Waals surface area (Å²) in [6.07, 6.45) is 0. The fourth-order valence-electron chi connectivity index (χ4n) is 1.34. The summed E-state index contributed by atoms with van der Waals surface area (Å²) in [6.45, 7) is 0. The molecule has 2 heteroatoms. The van der Waals surface area contributed by atoms with Crippen molar-refractivity contribution in [2.45, 2.75) is 4.90 Å². The maximum absolute atomic E-state index is 4.41. The summed E-state index contributed by atoms with van der Waals surface area (Å²) in [7, 11) is 0. The van der Waals surface area contributed by atoms with Crippen molar-refractivity contribution in [3.63, 3.8) is 0 Å². The van der Waals surface area contributed by atoms with Gasteiger partial charge in [0.05, 0.1) is 0 Å². The zero-order valence-electron chi connectivity index (χ0n) is 8.14. The van der Waals surface area contributed by atoms with Crippen molar-refractivity contribution < 1.29 is 0 Å². The molecular formula is C12H10KS. The first-order valence-corrected chi connectivity index (χ1v) is 4.66. The van der Waals surface area contributed by atoms with Gasteiger partial charge in [0.1, 0.15) is 0 Å². The standard InChI is InChI=1S/C12H10S.K/c13-12-9-5-4-8-11(12)10-6-2-1-3-7-10;/h1-9,13H;. The Hall–Kier alpha value is 0.426. The summed E-state index contributed by atoms with van der Waals surface area (Å²) in [5.41, 5.74) is 2.40. The molecule has 0 saturated carbocycles. The second-order valence-corrected chi connectivity index (χ2v) is 3.36. The van der Waals surface area contributed by atoms with Gasteiger partial charge in [0, 0.05) is 56.3 Å². The average Bonchev–Trinajstić information content (AvgIpc) is 2.20. The van der Waals surface area contributed by atoms with Crippen molar-refractivity contribution in [1.82, 2.24) is 0 Å². The molecule has 0 atom stereocenters. The minimum atomic E-state index is 0. The Morgan fingerprint density at radius 2 is 1.29 bits per heavy atom. The number of thiol groups is 1. The molecule has 0 aliphatic heterocycles. The smallest absolute Gasteiger partial charge is 0.0119 e. The summed E-state index contributed by atoms with van der Waals surface area (Å²) in [5.74, 6) is 0. The van der Waals surface area contributed by atoms with Gasteiger partial charge in [0.25, 0.3) is 0 Å². The van der Waals surface area contributed by atoms with E-state index in [2.05, 4.69) is 30.8 Å². The van der Waals surface area contributed by atoms with Crippen LogP contribution in [0.25, 0.3) is 11.1 Å². The molecule has 0 saturated heterocycles. The minimum absolute atomic E-state index is 0. The van der Waals surface area contributed by atoms with Crippen LogP contribution in [0.3, 0.4) is 0 Å². The molecule has 65 valence electrons. The number of hydrogen-bond donors (Lipinski definition) is 1. The van der Waals surface area contributed by atoms with Crippen LogP contribution in [0.5, 0.6) is 0 Å². The van der Waals surface area contributed by atoms with E-state index >= 15 is 0 Å². The molecule has 0 aliphatic carbocycles. The molecule has 0 heterocycles. The molecule has 2 aromatic carbocycles. The Morgan fingerprint density at radius 1 is 0.714 bits per heavy atom. The second-order valence-electron chi connectivity index (χ2n) is 2.88. The Morgan fingerprint density at radius 3 is 1.93 bits per heavy atom. The van der Waals surface area contributed by atoms with E-state index in [-0.39, 0.29) is 51.4 Å². The van der Waals surface area contributed by atoms with E-state index in [9.17, 15) is 0 Å².